The molecule has 4 heteroatoms. The second-order valence-electron chi connectivity index (χ2n) is 6.62. The number of ether oxygens (including phenoxy) is 1. The molecule has 0 radical (unpaired) electrons. The minimum Gasteiger partial charge on any atom is -0.496 e. The molecular formula is C17H25BrFNO. The molecule has 1 aliphatic carbocycles. The Morgan fingerprint density at radius 1 is 1.38 bits per heavy atom. The highest BCUT2D eigenvalue weighted by Gasteiger charge is 2.38. The molecule has 0 heterocycles. The SMILES string of the molecule is CNC(c1cc(Br)c(F)cc1OC)C1CCCCC1(C)C. The van der Waals surface area contributed by atoms with Gasteiger partial charge < -0.3 is 10.1 Å². The lowest BCUT2D eigenvalue weighted by molar-refractivity contribution is 0.100. The fourth-order valence-corrected chi connectivity index (χ4v) is 4.04. The van der Waals surface area contributed by atoms with Crippen molar-refractivity contribution in [2.24, 2.45) is 11.3 Å². The molecular weight excluding hydrogens is 333 g/mol. The zero-order valence-electron chi connectivity index (χ0n) is 13.3. The predicted octanol–water partition coefficient (Wildman–Crippen LogP) is 5.07. The third-order valence-electron chi connectivity index (χ3n) is 4.91. The van der Waals surface area contributed by atoms with Gasteiger partial charge in [-0.15, -0.1) is 0 Å². The summed E-state index contributed by atoms with van der Waals surface area (Å²) in [5.41, 5.74) is 1.31. The first kappa shape index (κ1) is 16.8. The predicted molar refractivity (Wildman–Crippen MR) is 88.2 cm³/mol. The van der Waals surface area contributed by atoms with E-state index in [0.717, 1.165) is 5.56 Å². The van der Waals surface area contributed by atoms with Gasteiger partial charge in [0.15, 0.2) is 0 Å². The van der Waals surface area contributed by atoms with E-state index in [-0.39, 0.29) is 17.3 Å². The summed E-state index contributed by atoms with van der Waals surface area (Å²) in [5, 5.41) is 3.44. The van der Waals surface area contributed by atoms with Crippen molar-refractivity contribution in [3.8, 4) is 5.75 Å². The average molecular weight is 358 g/mol. The van der Waals surface area contributed by atoms with E-state index in [4.69, 9.17) is 4.74 Å². The molecule has 21 heavy (non-hydrogen) atoms. The quantitative estimate of drug-likeness (QED) is 0.811. The molecule has 0 bridgehead atoms. The highest BCUT2D eigenvalue weighted by Crippen LogP contribution is 2.48. The average Bonchev–Trinajstić information content (AvgIpc) is 2.44. The van der Waals surface area contributed by atoms with E-state index in [0.29, 0.717) is 16.1 Å². The van der Waals surface area contributed by atoms with Crippen LogP contribution in [-0.4, -0.2) is 14.2 Å². The van der Waals surface area contributed by atoms with Crippen molar-refractivity contribution in [2.45, 2.75) is 45.6 Å². The van der Waals surface area contributed by atoms with Gasteiger partial charge in [-0.1, -0.05) is 26.7 Å². The maximum atomic E-state index is 13.8. The van der Waals surface area contributed by atoms with Crippen molar-refractivity contribution in [2.75, 3.05) is 14.2 Å². The topological polar surface area (TPSA) is 21.3 Å². The van der Waals surface area contributed by atoms with Gasteiger partial charge in [0.2, 0.25) is 0 Å². The van der Waals surface area contributed by atoms with E-state index in [9.17, 15) is 4.39 Å². The Hall–Kier alpha value is -0.610. The van der Waals surface area contributed by atoms with Crippen LogP contribution >= 0.6 is 15.9 Å². The Bertz CT molecular complexity index is 504. The van der Waals surface area contributed by atoms with Crippen molar-refractivity contribution in [1.29, 1.82) is 0 Å². The molecule has 1 aliphatic rings. The van der Waals surface area contributed by atoms with E-state index in [1.165, 1.54) is 31.7 Å². The molecule has 1 fully saturated rings. The van der Waals surface area contributed by atoms with E-state index in [2.05, 4.69) is 35.1 Å². The summed E-state index contributed by atoms with van der Waals surface area (Å²) in [6.45, 7) is 4.68. The number of hydrogen-bond donors (Lipinski definition) is 1. The van der Waals surface area contributed by atoms with Gasteiger partial charge in [-0.3, -0.25) is 0 Å². The van der Waals surface area contributed by atoms with Gasteiger partial charge in [0, 0.05) is 17.7 Å². The maximum Gasteiger partial charge on any atom is 0.141 e. The number of hydrogen-bond acceptors (Lipinski definition) is 2. The fraction of sp³-hybridized carbons (Fsp3) is 0.647. The minimum absolute atomic E-state index is 0.173. The molecule has 2 atom stereocenters. The molecule has 1 N–H and O–H groups in total. The van der Waals surface area contributed by atoms with E-state index < -0.39 is 0 Å². The molecule has 0 spiro atoms. The van der Waals surface area contributed by atoms with Crippen LogP contribution in [0.2, 0.25) is 0 Å². The molecule has 118 valence electrons. The number of nitrogens with one attached hydrogen (secondary N) is 1. The van der Waals surface area contributed by atoms with Gasteiger partial charge in [0.1, 0.15) is 11.6 Å². The maximum absolute atomic E-state index is 13.8. The first-order valence-corrected chi connectivity index (χ1v) is 8.40. The lowest BCUT2D eigenvalue weighted by Crippen LogP contribution is -2.38. The second kappa shape index (κ2) is 6.66. The summed E-state index contributed by atoms with van der Waals surface area (Å²) in [6, 6.07) is 3.51. The van der Waals surface area contributed by atoms with Crippen molar-refractivity contribution < 1.29 is 9.13 Å². The van der Waals surface area contributed by atoms with E-state index >= 15 is 0 Å². The molecule has 2 rings (SSSR count). The summed E-state index contributed by atoms with van der Waals surface area (Å²) in [5.74, 6) is 0.854. The third-order valence-corrected chi connectivity index (χ3v) is 5.52. The van der Waals surface area contributed by atoms with E-state index in [1.54, 1.807) is 7.11 Å². The van der Waals surface area contributed by atoms with Crippen molar-refractivity contribution in [3.63, 3.8) is 0 Å². The van der Waals surface area contributed by atoms with Crippen LogP contribution in [0.1, 0.15) is 51.1 Å². The second-order valence-corrected chi connectivity index (χ2v) is 7.47. The Kier molecular flexibility index (Phi) is 5.31. The van der Waals surface area contributed by atoms with Crippen LogP contribution in [0, 0.1) is 17.2 Å². The summed E-state index contributed by atoms with van der Waals surface area (Å²) < 4.78 is 19.7. The van der Waals surface area contributed by atoms with Gasteiger partial charge >= 0.3 is 0 Å². The number of rotatable bonds is 4. The van der Waals surface area contributed by atoms with Gasteiger partial charge in [-0.25, -0.2) is 4.39 Å². The zero-order valence-corrected chi connectivity index (χ0v) is 14.9. The zero-order chi connectivity index (χ0) is 15.6. The highest BCUT2D eigenvalue weighted by atomic mass is 79.9. The van der Waals surface area contributed by atoms with Crippen LogP contribution in [0.3, 0.4) is 0 Å². The first-order valence-electron chi connectivity index (χ1n) is 7.61. The van der Waals surface area contributed by atoms with Crippen molar-refractivity contribution in [1.82, 2.24) is 5.32 Å². The van der Waals surface area contributed by atoms with Crippen molar-refractivity contribution in [3.05, 3.63) is 28.0 Å². The van der Waals surface area contributed by atoms with Crippen LogP contribution in [-0.2, 0) is 0 Å². The third kappa shape index (κ3) is 3.42. The van der Waals surface area contributed by atoms with Crippen molar-refractivity contribution >= 4 is 15.9 Å². The number of halogens is 2. The molecule has 0 aromatic heterocycles. The smallest absolute Gasteiger partial charge is 0.141 e. The standard InChI is InChI=1S/C17H25BrFNO/c1-17(2)8-6-5-7-12(17)16(20-3)11-9-13(18)14(19)10-15(11)21-4/h9-10,12,16,20H,5-8H2,1-4H3. The Balaban J connectivity index is 2.43. The molecule has 1 saturated carbocycles. The molecule has 0 saturated heterocycles. The lowest BCUT2D eigenvalue weighted by Gasteiger charge is -2.43. The minimum atomic E-state index is -0.284. The Morgan fingerprint density at radius 2 is 2.10 bits per heavy atom. The van der Waals surface area contributed by atoms with Gasteiger partial charge in [0.05, 0.1) is 11.6 Å². The first-order chi connectivity index (χ1) is 9.90. The molecule has 0 aliphatic heterocycles. The number of benzene rings is 1. The summed E-state index contributed by atoms with van der Waals surface area (Å²) in [6.07, 6.45) is 4.98. The van der Waals surface area contributed by atoms with E-state index in [1.807, 2.05) is 13.1 Å². The van der Waals surface area contributed by atoms with Crippen LogP contribution in [0.4, 0.5) is 4.39 Å². The molecule has 0 amide bonds. The molecule has 2 nitrogen and oxygen atoms in total. The van der Waals surface area contributed by atoms with Crippen LogP contribution in [0.5, 0.6) is 5.75 Å². The Morgan fingerprint density at radius 3 is 2.67 bits per heavy atom. The van der Waals surface area contributed by atoms with Gasteiger partial charge in [-0.2, -0.15) is 0 Å². The van der Waals surface area contributed by atoms with Crippen LogP contribution in [0.25, 0.3) is 0 Å². The van der Waals surface area contributed by atoms with Gasteiger partial charge in [0.25, 0.3) is 0 Å². The molecule has 2 unspecified atom stereocenters. The summed E-state index contributed by atoms with van der Waals surface area (Å²) >= 11 is 3.30. The largest absolute Gasteiger partial charge is 0.496 e. The molecule has 1 aromatic rings. The Labute approximate surface area is 135 Å². The number of methoxy groups -OCH3 is 1. The summed E-state index contributed by atoms with van der Waals surface area (Å²) in [4.78, 5) is 0. The monoisotopic (exact) mass is 357 g/mol. The summed E-state index contributed by atoms with van der Waals surface area (Å²) in [7, 11) is 3.58. The van der Waals surface area contributed by atoms with Crippen LogP contribution < -0.4 is 10.1 Å². The normalized spacial score (nSPS) is 22.9. The molecule has 1 aromatic carbocycles. The highest BCUT2D eigenvalue weighted by molar-refractivity contribution is 9.10. The lowest BCUT2D eigenvalue weighted by atomic mass is 9.64. The fourth-order valence-electron chi connectivity index (χ4n) is 3.68. The van der Waals surface area contributed by atoms with Crippen LogP contribution in [0.15, 0.2) is 16.6 Å². The van der Waals surface area contributed by atoms with Gasteiger partial charge in [-0.05, 0) is 53.2 Å².